The highest BCUT2D eigenvalue weighted by Crippen LogP contribution is 2.27. The van der Waals surface area contributed by atoms with Crippen LogP contribution in [-0.4, -0.2) is 26.6 Å². The summed E-state index contributed by atoms with van der Waals surface area (Å²) in [5, 5.41) is 0. The van der Waals surface area contributed by atoms with E-state index in [-0.39, 0.29) is 16.8 Å². The number of benzene rings is 1. The van der Waals surface area contributed by atoms with E-state index in [1.54, 1.807) is 29.2 Å². The lowest BCUT2D eigenvalue weighted by Gasteiger charge is -2.21. The van der Waals surface area contributed by atoms with E-state index in [4.69, 9.17) is 0 Å². The lowest BCUT2D eigenvalue weighted by molar-refractivity contribution is -0.117. The summed E-state index contributed by atoms with van der Waals surface area (Å²) in [5.41, 5.74) is 0.771. The van der Waals surface area contributed by atoms with E-state index in [0.29, 0.717) is 6.42 Å². The number of rotatable bonds is 2. The standard InChI is InChI=1S/C12H15NO3S/c1-9-3-8-12(14)13(9)10-4-6-11(7-5-10)17(2,15)16/h4-7,9H,3,8H2,1-2H3. The van der Waals surface area contributed by atoms with E-state index >= 15 is 0 Å². The summed E-state index contributed by atoms with van der Waals surface area (Å²) in [7, 11) is -3.17. The van der Waals surface area contributed by atoms with Crippen molar-refractivity contribution in [2.75, 3.05) is 11.2 Å². The number of carbonyl (C=O) groups is 1. The summed E-state index contributed by atoms with van der Waals surface area (Å²) >= 11 is 0. The summed E-state index contributed by atoms with van der Waals surface area (Å²) in [4.78, 5) is 13.7. The summed E-state index contributed by atoms with van der Waals surface area (Å²) in [6, 6.07) is 6.66. The molecule has 2 rings (SSSR count). The molecule has 1 aliphatic rings. The first-order chi connectivity index (χ1) is 7.89. The van der Waals surface area contributed by atoms with Gasteiger partial charge >= 0.3 is 0 Å². The molecule has 1 heterocycles. The van der Waals surface area contributed by atoms with E-state index in [2.05, 4.69) is 0 Å². The summed E-state index contributed by atoms with van der Waals surface area (Å²) in [5.74, 6) is 0.101. The smallest absolute Gasteiger partial charge is 0.227 e. The van der Waals surface area contributed by atoms with Crippen molar-refractivity contribution in [1.82, 2.24) is 0 Å². The maximum Gasteiger partial charge on any atom is 0.227 e. The van der Waals surface area contributed by atoms with E-state index in [9.17, 15) is 13.2 Å². The predicted molar refractivity (Wildman–Crippen MR) is 65.7 cm³/mol. The Morgan fingerprint density at radius 3 is 2.24 bits per heavy atom. The summed E-state index contributed by atoms with van der Waals surface area (Å²) < 4.78 is 22.6. The van der Waals surface area contributed by atoms with Crippen LogP contribution in [-0.2, 0) is 14.6 Å². The Balaban J connectivity index is 2.33. The Morgan fingerprint density at radius 1 is 1.24 bits per heavy atom. The second-order valence-electron chi connectivity index (χ2n) is 4.42. The minimum absolute atomic E-state index is 0.101. The molecular formula is C12H15NO3S. The highest BCUT2D eigenvalue weighted by Gasteiger charge is 2.28. The minimum atomic E-state index is -3.17. The molecule has 1 atom stereocenters. The zero-order valence-electron chi connectivity index (χ0n) is 9.88. The molecule has 1 amide bonds. The Bertz CT molecular complexity index is 533. The van der Waals surface area contributed by atoms with Crippen LogP contribution in [0.3, 0.4) is 0 Å². The van der Waals surface area contributed by atoms with Gasteiger partial charge in [0.05, 0.1) is 4.90 Å². The van der Waals surface area contributed by atoms with Crippen LogP contribution in [0.25, 0.3) is 0 Å². The fourth-order valence-electron chi connectivity index (χ4n) is 2.08. The third kappa shape index (κ3) is 2.34. The number of anilines is 1. The van der Waals surface area contributed by atoms with Gasteiger partial charge in [-0.25, -0.2) is 8.42 Å². The monoisotopic (exact) mass is 253 g/mol. The lowest BCUT2D eigenvalue weighted by atomic mass is 10.2. The molecule has 17 heavy (non-hydrogen) atoms. The molecule has 1 saturated heterocycles. The van der Waals surface area contributed by atoms with E-state index in [1.165, 1.54) is 6.26 Å². The number of amides is 1. The molecule has 5 heteroatoms. The molecule has 0 aromatic heterocycles. The van der Waals surface area contributed by atoms with Gasteiger partial charge in [0.1, 0.15) is 0 Å². The van der Waals surface area contributed by atoms with Gasteiger partial charge in [-0.3, -0.25) is 4.79 Å². The zero-order chi connectivity index (χ0) is 12.6. The fourth-order valence-corrected chi connectivity index (χ4v) is 2.71. The number of hydrogen-bond acceptors (Lipinski definition) is 3. The molecule has 4 nitrogen and oxygen atoms in total. The van der Waals surface area contributed by atoms with Crippen molar-refractivity contribution in [2.45, 2.75) is 30.7 Å². The van der Waals surface area contributed by atoms with Gasteiger partial charge in [0.15, 0.2) is 9.84 Å². The number of carbonyl (C=O) groups excluding carboxylic acids is 1. The minimum Gasteiger partial charge on any atom is -0.310 e. The Labute approximate surface area is 101 Å². The molecule has 1 fully saturated rings. The molecule has 0 radical (unpaired) electrons. The van der Waals surface area contributed by atoms with Crippen molar-refractivity contribution in [2.24, 2.45) is 0 Å². The van der Waals surface area contributed by atoms with Gasteiger partial charge in [-0.2, -0.15) is 0 Å². The van der Waals surface area contributed by atoms with Crippen molar-refractivity contribution in [3.8, 4) is 0 Å². The summed E-state index contributed by atoms with van der Waals surface area (Å²) in [6.45, 7) is 2.00. The normalized spacial score (nSPS) is 20.9. The number of nitrogens with zero attached hydrogens (tertiary/aromatic N) is 1. The maximum absolute atomic E-state index is 11.7. The van der Waals surface area contributed by atoms with Crippen molar-refractivity contribution in [1.29, 1.82) is 0 Å². The van der Waals surface area contributed by atoms with Crippen LogP contribution in [0.15, 0.2) is 29.2 Å². The molecule has 1 aromatic carbocycles. The highest BCUT2D eigenvalue weighted by molar-refractivity contribution is 7.90. The third-order valence-corrected chi connectivity index (χ3v) is 4.16. The van der Waals surface area contributed by atoms with Crippen LogP contribution in [0.1, 0.15) is 19.8 Å². The van der Waals surface area contributed by atoms with E-state index in [1.807, 2.05) is 6.92 Å². The fraction of sp³-hybridized carbons (Fsp3) is 0.417. The number of sulfone groups is 1. The molecule has 0 N–H and O–H groups in total. The molecule has 1 aromatic rings. The van der Waals surface area contributed by atoms with Crippen molar-refractivity contribution >= 4 is 21.4 Å². The van der Waals surface area contributed by atoms with Crippen LogP contribution >= 0.6 is 0 Å². The van der Waals surface area contributed by atoms with Gasteiger partial charge in [-0.1, -0.05) is 0 Å². The SMILES string of the molecule is CC1CCC(=O)N1c1ccc(S(C)(=O)=O)cc1. The molecule has 1 aliphatic heterocycles. The largest absolute Gasteiger partial charge is 0.310 e. The maximum atomic E-state index is 11.7. The van der Waals surface area contributed by atoms with Gasteiger partial charge < -0.3 is 4.90 Å². The van der Waals surface area contributed by atoms with Crippen molar-refractivity contribution < 1.29 is 13.2 Å². The molecule has 1 unspecified atom stereocenters. The molecular weight excluding hydrogens is 238 g/mol. The average molecular weight is 253 g/mol. The van der Waals surface area contributed by atoms with Crippen LogP contribution in [0.4, 0.5) is 5.69 Å². The molecule has 0 bridgehead atoms. The Morgan fingerprint density at radius 2 is 1.82 bits per heavy atom. The van der Waals surface area contributed by atoms with Crippen molar-refractivity contribution in [3.05, 3.63) is 24.3 Å². The van der Waals surface area contributed by atoms with Crippen LogP contribution < -0.4 is 4.90 Å². The molecule has 0 spiro atoms. The van der Waals surface area contributed by atoms with Crippen LogP contribution in [0.2, 0.25) is 0 Å². The molecule has 92 valence electrons. The van der Waals surface area contributed by atoms with Crippen LogP contribution in [0, 0.1) is 0 Å². The number of hydrogen-bond donors (Lipinski definition) is 0. The van der Waals surface area contributed by atoms with Crippen molar-refractivity contribution in [3.63, 3.8) is 0 Å². The zero-order valence-corrected chi connectivity index (χ0v) is 10.7. The summed E-state index contributed by atoms with van der Waals surface area (Å²) in [6.07, 6.45) is 2.59. The Kier molecular flexibility index (Phi) is 2.95. The van der Waals surface area contributed by atoms with E-state index < -0.39 is 9.84 Å². The third-order valence-electron chi connectivity index (χ3n) is 3.03. The quantitative estimate of drug-likeness (QED) is 0.804. The molecule has 0 aliphatic carbocycles. The first-order valence-corrected chi connectivity index (χ1v) is 7.41. The van der Waals surface area contributed by atoms with Gasteiger partial charge in [-0.15, -0.1) is 0 Å². The Hall–Kier alpha value is -1.36. The van der Waals surface area contributed by atoms with E-state index in [0.717, 1.165) is 12.1 Å². The predicted octanol–water partition coefficient (Wildman–Crippen LogP) is 1.61. The van der Waals surface area contributed by atoms with Gasteiger partial charge in [0.25, 0.3) is 0 Å². The lowest BCUT2D eigenvalue weighted by Crippen LogP contribution is -2.30. The molecule has 0 saturated carbocycles. The average Bonchev–Trinajstić information content (AvgIpc) is 2.58. The van der Waals surface area contributed by atoms with Gasteiger partial charge in [-0.05, 0) is 37.6 Å². The second-order valence-corrected chi connectivity index (χ2v) is 6.43. The topological polar surface area (TPSA) is 54.5 Å². The second kappa shape index (κ2) is 4.14. The first kappa shape index (κ1) is 12.1. The van der Waals surface area contributed by atoms with Gasteiger partial charge in [0, 0.05) is 24.4 Å². The highest BCUT2D eigenvalue weighted by atomic mass is 32.2. The van der Waals surface area contributed by atoms with Crippen LogP contribution in [0.5, 0.6) is 0 Å². The first-order valence-electron chi connectivity index (χ1n) is 5.52. The van der Waals surface area contributed by atoms with Gasteiger partial charge in [0.2, 0.25) is 5.91 Å².